The maximum absolute atomic E-state index is 6.32. The summed E-state index contributed by atoms with van der Waals surface area (Å²) in [6, 6.07) is 11.9. The highest BCUT2D eigenvalue weighted by atomic mass is 79.9. The molecule has 2 rings (SSSR count). The number of rotatable bonds is 5. The highest BCUT2D eigenvalue weighted by Crippen LogP contribution is 2.29. The van der Waals surface area contributed by atoms with Gasteiger partial charge in [-0.3, -0.25) is 9.88 Å². The maximum atomic E-state index is 6.32. The minimum absolute atomic E-state index is 0.0672. The fourth-order valence-electron chi connectivity index (χ4n) is 2.17. The lowest BCUT2D eigenvalue weighted by atomic mass is 10.1. The molecule has 1 heterocycles. The average molecular weight is 355 g/mol. The molecule has 0 bridgehead atoms. The third kappa shape index (κ3) is 3.79. The number of pyridine rings is 1. The van der Waals surface area contributed by atoms with Crippen molar-refractivity contribution in [2.45, 2.75) is 12.6 Å². The van der Waals surface area contributed by atoms with Crippen molar-refractivity contribution in [2.75, 3.05) is 13.6 Å². The summed E-state index contributed by atoms with van der Waals surface area (Å²) in [5.74, 6) is 0. The maximum Gasteiger partial charge on any atom is 0.0544 e. The zero-order valence-electron chi connectivity index (χ0n) is 11.3. The third-order valence-corrected chi connectivity index (χ3v) is 4.03. The number of nitrogens with zero attached hydrogens (tertiary/aromatic N) is 2. The van der Waals surface area contributed by atoms with Gasteiger partial charge in [0.2, 0.25) is 0 Å². The van der Waals surface area contributed by atoms with Gasteiger partial charge in [-0.05, 0) is 36.9 Å². The standard InChI is InChI=1S/C15H17BrClN3/c1-20(10-12-4-2-3-7-19-12)15(9-18)13-6-5-11(16)8-14(13)17/h2-8,15H,9-10,18H2,1H3. The van der Waals surface area contributed by atoms with Gasteiger partial charge in [-0.1, -0.05) is 39.7 Å². The molecular weight excluding hydrogens is 338 g/mol. The van der Waals surface area contributed by atoms with Crippen molar-refractivity contribution in [3.8, 4) is 0 Å². The van der Waals surface area contributed by atoms with Crippen LogP contribution in [0.1, 0.15) is 17.3 Å². The van der Waals surface area contributed by atoms with Crippen molar-refractivity contribution >= 4 is 27.5 Å². The molecule has 0 fully saturated rings. The number of halogens is 2. The Hall–Kier alpha value is -0.940. The summed E-state index contributed by atoms with van der Waals surface area (Å²) in [6.07, 6.45) is 1.80. The van der Waals surface area contributed by atoms with E-state index in [1.807, 2.05) is 43.4 Å². The molecule has 2 N–H and O–H groups in total. The largest absolute Gasteiger partial charge is 0.329 e. The second kappa shape index (κ2) is 7.18. The molecule has 0 aliphatic rings. The first-order chi connectivity index (χ1) is 9.61. The third-order valence-electron chi connectivity index (χ3n) is 3.21. The zero-order chi connectivity index (χ0) is 14.5. The molecule has 1 atom stereocenters. The molecule has 0 spiro atoms. The van der Waals surface area contributed by atoms with Gasteiger partial charge in [0, 0.05) is 34.8 Å². The summed E-state index contributed by atoms with van der Waals surface area (Å²) in [5, 5.41) is 0.725. The summed E-state index contributed by atoms with van der Waals surface area (Å²) >= 11 is 9.74. The Balaban J connectivity index is 2.19. The fraction of sp³-hybridized carbons (Fsp3) is 0.267. The minimum Gasteiger partial charge on any atom is -0.329 e. The number of hydrogen-bond acceptors (Lipinski definition) is 3. The topological polar surface area (TPSA) is 42.2 Å². The van der Waals surface area contributed by atoms with Gasteiger partial charge < -0.3 is 5.73 Å². The molecule has 1 aromatic heterocycles. The quantitative estimate of drug-likeness (QED) is 0.891. The Kier molecular flexibility index (Phi) is 5.54. The molecular formula is C15H17BrClN3. The van der Waals surface area contributed by atoms with E-state index in [1.165, 1.54) is 0 Å². The van der Waals surface area contributed by atoms with Crippen LogP contribution in [-0.2, 0) is 6.54 Å². The summed E-state index contributed by atoms with van der Waals surface area (Å²) in [4.78, 5) is 6.51. The molecule has 3 nitrogen and oxygen atoms in total. The van der Waals surface area contributed by atoms with Crippen LogP contribution in [-0.4, -0.2) is 23.5 Å². The predicted octanol–water partition coefficient (Wildman–Crippen LogP) is 3.63. The number of hydrogen-bond donors (Lipinski definition) is 1. The molecule has 0 saturated carbocycles. The molecule has 2 aromatic rings. The molecule has 20 heavy (non-hydrogen) atoms. The second-order valence-electron chi connectivity index (χ2n) is 4.65. The predicted molar refractivity (Wildman–Crippen MR) is 86.7 cm³/mol. The van der Waals surface area contributed by atoms with E-state index in [0.717, 1.165) is 27.3 Å². The lowest BCUT2D eigenvalue weighted by Crippen LogP contribution is -2.30. The van der Waals surface area contributed by atoms with Crippen LogP contribution < -0.4 is 5.73 Å². The molecule has 0 aliphatic carbocycles. The van der Waals surface area contributed by atoms with E-state index in [1.54, 1.807) is 6.20 Å². The lowest BCUT2D eigenvalue weighted by Gasteiger charge is -2.27. The summed E-state index contributed by atoms with van der Waals surface area (Å²) in [5.41, 5.74) is 7.99. The van der Waals surface area contributed by atoms with Gasteiger partial charge in [0.1, 0.15) is 0 Å². The second-order valence-corrected chi connectivity index (χ2v) is 5.98. The smallest absolute Gasteiger partial charge is 0.0544 e. The van der Waals surface area contributed by atoms with Gasteiger partial charge >= 0.3 is 0 Å². The van der Waals surface area contributed by atoms with Crippen LogP contribution in [0.2, 0.25) is 5.02 Å². The van der Waals surface area contributed by atoms with Crippen LogP contribution in [0.5, 0.6) is 0 Å². The normalized spacial score (nSPS) is 12.7. The van der Waals surface area contributed by atoms with Gasteiger partial charge in [-0.15, -0.1) is 0 Å². The molecule has 0 saturated heterocycles. The van der Waals surface area contributed by atoms with E-state index in [2.05, 4.69) is 25.8 Å². The molecule has 0 amide bonds. The van der Waals surface area contributed by atoms with Crippen molar-refractivity contribution in [2.24, 2.45) is 5.73 Å². The fourth-order valence-corrected chi connectivity index (χ4v) is 2.97. The van der Waals surface area contributed by atoms with Gasteiger partial charge in [0.05, 0.1) is 5.69 Å². The van der Waals surface area contributed by atoms with Gasteiger partial charge in [-0.25, -0.2) is 0 Å². The van der Waals surface area contributed by atoms with E-state index in [0.29, 0.717) is 6.54 Å². The van der Waals surface area contributed by atoms with E-state index >= 15 is 0 Å². The highest BCUT2D eigenvalue weighted by molar-refractivity contribution is 9.10. The van der Waals surface area contributed by atoms with Crippen LogP contribution in [0.4, 0.5) is 0 Å². The van der Waals surface area contributed by atoms with Crippen LogP contribution in [0, 0.1) is 0 Å². The Morgan fingerprint density at radius 1 is 1.35 bits per heavy atom. The molecule has 0 radical (unpaired) electrons. The molecule has 1 unspecified atom stereocenters. The molecule has 106 valence electrons. The van der Waals surface area contributed by atoms with Crippen molar-refractivity contribution in [1.29, 1.82) is 0 Å². The molecule has 1 aromatic carbocycles. The first kappa shape index (κ1) is 15.4. The average Bonchev–Trinajstić information content (AvgIpc) is 2.43. The number of aromatic nitrogens is 1. The molecule has 5 heteroatoms. The van der Waals surface area contributed by atoms with E-state index in [-0.39, 0.29) is 6.04 Å². The number of benzene rings is 1. The van der Waals surface area contributed by atoms with Gasteiger partial charge in [0.15, 0.2) is 0 Å². The van der Waals surface area contributed by atoms with E-state index in [9.17, 15) is 0 Å². The number of likely N-dealkylation sites (N-methyl/N-ethyl adjacent to an activating group) is 1. The highest BCUT2D eigenvalue weighted by Gasteiger charge is 2.18. The summed E-state index contributed by atoms with van der Waals surface area (Å²) < 4.78 is 0.967. The lowest BCUT2D eigenvalue weighted by molar-refractivity contribution is 0.239. The minimum atomic E-state index is 0.0672. The first-order valence-corrected chi connectivity index (χ1v) is 7.54. The summed E-state index contributed by atoms with van der Waals surface area (Å²) in [7, 11) is 2.03. The van der Waals surface area contributed by atoms with Crippen molar-refractivity contribution in [3.63, 3.8) is 0 Å². The zero-order valence-corrected chi connectivity index (χ0v) is 13.6. The summed E-state index contributed by atoms with van der Waals surface area (Å²) in [6.45, 7) is 1.24. The Morgan fingerprint density at radius 3 is 2.75 bits per heavy atom. The van der Waals surface area contributed by atoms with Crippen molar-refractivity contribution in [1.82, 2.24) is 9.88 Å². The van der Waals surface area contributed by atoms with Crippen molar-refractivity contribution in [3.05, 3.63) is 63.3 Å². The monoisotopic (exact) mass is 353 g/mol. The van der Waals surface area contributed by atoms with Crippen LogP contribution in [0.25, 0.3) is 0 Å². The SMILES string of the molecule is CN(Cc1ccccn1)C(CN)c1ccc(Br)cc1Cl. The van der Waals surface area contributed by atoms with E-state index < -0.39 is 0 Å². The van der Waals surface area contributed by atoms with Crippen molar-refractivity contribution < 1.29 is 0 Å². The number of nitrogens with two attached hydrogens (primary N) is 1. The van der Waals surface area contributed by atoms with Crippen LogP contribution in [0.15, 0.2) is 47.1 Å². The van der Waals surface area contributed by atoms with Gasteiger partial charge in [-0.2, -0.15) is 0 Å². The Bertz CT molecular complexity index is 562. The van der Waals surface area contributed by atoms with E-state index in [4.69, 9.17) is 17.3 Å². The molecule has 0 aliphatic heterocycles. The van der Waals surface area contributed by atoms with Gasteiger partial charge in [0.25, 0.3) is 0 Å². The van der Waals surface area contributed by atoms with Crippen LogP contribution >= 0.6 is 27.5 Å². The van der Waals surface area contributed by atoms with Crippen LogP contribution in [0.3, 0.4) is 0 Å². The first-order valence-electron chi connectivity index (χ1n) is 6.37. The Labute approximate surface area is 132 Å². The Morgan fingerprint density at radius 2 is 2.15 bits per heavy atom.